The van der Waals surface area contributed by atoms with Crippen molar-refractivity contribution in [1.82, 2.24) is 4.31 Å². The van der Waals surface area contributed by atoms with E-state index in [2.05, 4.69) is 5.32 Å². The summed E-state index contributed by atoms with van der Waals surface area (Å²) in [5, 5.41) is 3.29. The highest BCUT2D eigenvalue weighted by atomic mass is 32.2. The molecule has 0 spiro atoms. The average molecular weight is 298 g/mol. The van der Waals surface area contributed by atoms with Gasteiger partial charge in [-0.05, 0) is 43.5 Å². The van der Waals surface area contributed by atoms with Gasteiger partial charge in [0, 0.05) is 32.4 Å². The zero-order valence-corrected chi connectivity index (χ0v) is 13.0. The first kappa shape index (κ1) is 15.3. The molecule has 1 heterocycles. The Bertz CT molecular complexity index is 572. The summed E-state index contributed by atoms with van der Waals surface area (Å²) >= 11 is 0. The Morgan fingerprint density at radius 2 is 2.20 bits per heavy atom. The van der Waals surface area contributed by atoms with Gasteiger partial charge in [0.15, 0.2) is 0 Å². The van der Waals surface area contributed by atoms with Crippen molar-refractivity contribution in [3.63, 3.8) is 0 Å². The van der Waals surface area contributed by atoms with Gasteiger partial charge >= 0.3 is 0 Å². The van der Waals surface area contributed by atoms with E-state index in [1.54, 1.807) is 26.3 Å². The van der Waals surface area contributed by atoms with Gasteiger partial charge < -0.3 is 10.1 Å². The van der Waals surface area contributed by atoms with Crippen LogP contribution in [0.1, 0.15) is 18.9 Å². The van der Waals surface area contributed by atoms with Crippen molar-refractivity contribution in [1.29, 1.82) is 0 Å². The van der Waals surface area contributed by atoms with E-state index in [1.165, 1.54) is 4.31 Å². The molecule has 20 heavy (non-hydrogen) atoms. The van der Waals surface area contributed by atoms with Crippen LogP contribution in [0, 0.1) is 0 Å². The van der Waals surface area contributed by atoms with Crippen LogP contribution < -0.4 is 5.32 Å². The van der Waals surface area contributed by atoms with Gasteiger partial charge in [-0.1, -0.05) is 0 Å². The molecule has 1 aromatic carbocycles. The summed E-state index contributed by atoms with van der Waals surface area (Å²) in [7, 11) is -0.303. The molecule has 2 rings (SSSR count). The van der Waals surface area contributed by atoms with E-state index in [1.807, 2.05) is 13.0 Å². The summed E-state index contributed by atoms with van der Waals surface area (Å²) in [4.78, 5) is 0.352. The molecule has 0 fully saturated rings. The summed E-state index contributed by atoms with van der Waals surface area (Å²) in [6.45, 7) is 3.16. The third-order valence-electron chi connectivity index (χ3n) is 3.72. The number of rotatable bonds is 5. The molecule has 0 saturated carbocycles. The number of nitrogens with one attached hydrogen (secondary N) is 1. The minimum absolute atomic E-state index is 0.195. The predicted molar refractivity (Wildman–Crippen MR) is 79.5 cm³/mol. The molecule has 0 radical (unpaired) electrons. The van der Waals surface area contributed by atoms with Crippen LogP contribution in [0.2, 0.25) is 0 Å². The quantitative estimate of drug-likeness (QED) is 0.899. The molecule has 0 aromatic heterocycles. The summed E-state index contributed by atoms with van der Waals surface area (Å²) in [5.74, 6) is 0. The first-order valence-corrected chi connectivity index (χ1v) is 8.24. The first-order valence-electron chi connectivity index (χ1n) is 6.80. The maximum Gasteiger partial charge on any atom is 0.243 e. The van der Waals surface area contributed by atoms with Crippen LogP contribution in [0.15, 0.2) is 23.1 Å². The van der Waals surface area contributed by atoms with E-state index in [4.69, 9.17) is 4.74 Å². The normalized spacial score (nSPS) is 16.6. The molecule has 5 nitrogen and oxygen atoms in total. The molecule has 0 aliphatic carbocycles. The van der Waals surface area contributed by atoms with Crippen molar-refractivity contribution in [3.8, 4) is 0 Å². The third kappa shape index (κ3) is 2.97. The van der Waals surface area contributed by atoms with Gasteiger partial charge in [-0.25, -0.2) is 8.42 Å². The molecule has 6 heteroatoms. The SMILES string of the molecule is COCC(C)N(C)S(=O)(=O)c1ccc2c(c1)CCCN2. The number of anilines is 1. The number of aryl methyl sites for hydroxylation is 1. The fourth-order valence-electron chi connectivity index (χ4n) is 2.36. The minimum atomic E-state index is -3.47. The monoisotopic (exact) mass is 298 g/mol. The Morgan fingerprint density at radius 1 is 1.45 bits per heavy atom. The lowest BCUT2D eigenvalue weighted by Crippen LogP contribution is -2.37. The van der Waals surface area contributed by atoms with Crippen molar-refractivity contribution >= 4 is 15.7 Å². The number of ether oxygens (including phenoxy) is 1. The molecule has 1 N–H and O–H groups in total. The fourth-order valence-corrected chi connectivity index (χ4v) is 3.76. The number of hydrogen-bond donors (Lipinski definition) is 1. The molecular formula is C14H22N2O3S. The van der Waals surface area contributed by atoms with Crippen LogP contribution in [0.25, 0.3) is 0 Å². The van der Waals surface area contributed by atoms with Gasteiger partial charge in [-0.2, -0.15) is 4.31 Å². The number of methoxy groups -OCH3 is 1. The van der Waals surface area contributed by atoms with E-state index < -0.39 is 10.0 Å². The maximum atomic E-state index is 12.6. The topological polar surface area (TPSA) is 58.6 Å². The number of hydrogen-bond acceptors (Lipinski definition) is 4. The lowest BCUT2D eigenvalue weighted by molar-refractivity contribution is 0.149. The zero-order valence-electron chi connectivity index (χ0n) is 12.2. The second-order valence-electron chi connectivity index (χ2n) is 5.17. The summed E-state index contributed by atoms with van der Waals surface area (Å²) in [5.41, 5.74) is 2.12. The van der Waals surface area contributed by atoms with Gasteiger partial charge in [-0.3, -0.25) is 0 Å². The molecule has 1 aliphatic rings. The Balaban J connectivity index is 2.29. The van der Waals surface area contributed by atoms with E-state index in [-0.39, 0.29) is 6.04 Å². The molecule has 0 saturated heterocycles. The average Bonchev–Trinajstić information content (AvgIpc) is 2.46. The van der Waals surface area contributed by atoms with E-state index in [0.29, 0.717) is 11.5 Å². The van der Waals surface area contributed by atoms with Crippen molar-refractivity contribution in [2.75, 3.05) is 32.6 Å². The lowest BCUT2D eigenvalue weighted by atomic mass is 10.0. The highest BCUT2D eigenvalue weighted by Gasteiger charge is 2.26. The molecule has 1 aliphatic heterocycles. The van der Waals surface area contributed by atoms with Gasteiger partial charge in [0.25, 0.3) is 0 Å². The largest absolute Gasteiger partial charge is 0.385 e. The number of fused-ring (bicyclic) bond motifs is 1. The van der Waals surface area contributed by atoms with Crippen LogP contribution in [-0.2, 0) is 21.2 Å². The molecule has 1 aromatic rings. The Hall–Kier alpha value is -1.11. The smallest absolute Gasteiger partial charge is 0.243 e. The van der Waals surface area contributed by atoms with Crippen LogP contribution in [-0.4, -0.2) is 46.1 Å². The predicted octanol–water partition coefficient (Wildman–Crippen LogP) is 1.70. The van der Waals surface area contributed by atoms with Gasteiger partial charge in [0.1, 0.15) is 0 Å². The Labute approximate surface area is 121 Å². The zero-order chi connectivity index (χ0) is 14.8. The molecular weight excluding hydrogens is 276 g/mol. The maximum absolute atomic E-state index is 12.6. The summed E-state index contributed by atoms with van der Waals surface area (Å²) < 4.78 is 31.6. The highest BCUT2D eigenvalue weighted by molar-refractivity contribution is 7.89. The molecule has 1 atom stereocenters. The van der Waals surface area contributed by atoms with Crippen LogP contribution >= 0.6 is 0 Å². The fraction of sp³-hybridized carbons (Fsp3) is 0.571. The van der Waals surface area contributed by atoms with Crippen molar-refractivity contribution in [2.45, 2.75) is 30.7 Å². The number of sulfonamides is 1. The van der Waals surface area contributed by atoms with Gasteiger partial charge in [0.2, 0.25) is 10.0 Å². The Kier molecular flexibility index (Phi) is 4.67. The second kappa shape index (κ2) is 6.11. The van der Waals surface area contributed by atoms with E-state index in [9.17, 15) is 8.42 Å². The molecule has 0 amide bonds. The van der Waals surface area contributed by atoms with Crippen LogP contribution in [0.3, 0.4) is 0 Å². The summed E-state index contributed by atoms with van der Waals surface area (Å²) in [6.07, 6.45) is 1.95. The third-order valence-corrected chi connectivity index (χ3v) is 5.69. The number of benzene rings is 1. The molecule has 1 unspecified atom stereocenters. The van der Waals surface area contributed by atoms with E-state index in [0.717, 1.165) is 30.6 Å². The summed E-state index contributed by atoms with van der Waals surface area (Å²) in [6, 6.07) is 5.12. The van der Waals surface area contributed by atoms with Crippen molar-refractivity contribution < 1.29 is 13.2 Å². The second-order valence-corrected chi connectivity index (χ2v) is 7.17. The molecule has 0 bridgehead atoms. The van der Waals surface area contributed by atoms with Crippen molar-refractivity contribution in [2.24, 2.45) is 0 Å². The molecule has 112 valence electrons. The Morgan fingerprint density at radius 3 is 2.90 bits per heavy atom. The first-order chi connectivity index (χ1) is 9.46. The van der Waals surface area contributed by atoms with Gasteiger partial charge in [-0.15, -0.1) is 0 Å². The number of nitrogens with zero attached hydrogens (tertiary/aromatic N) is 1. The lowest BCUT2D eigenvalue weighted by Gasteiger charge is -2.25. The van der Waals surface area contributed by atoms with E-state index >= 15 is 0 Å². The highest BCUT2D eigenvalue weighted by Crippen LogP contribution is 2.26. The standard InChI is InChI=1S/C14H22N2O3S/c1-11(10-19-3)16(2)20(17,18)13-6-7-14-12(9-13)5-4-8-15-14/h6-7,9,11,15H,4-5,8,10H2,1-3H3. The van der Waals surface area contributed by atoms with Crippen LogP contribution in [0.4, 0.5) is 5.69 Å². The van der Waals surface area contributed by atoms with Gasteiger partial charge in [0.05, 0.1) is 11.5 Å². The van der Waals surface area contributed by atoms with Crippen molar-refractivity contribution in [3.05, 3.63) is 23.8 Å². The minimum Gasteiger partial charge on any atom is -0.385 e. The number of likely N-dealkylation sites (N-methyl/N-ethyl adjacent to an activating group) is 1. The van der Waals surface area contributed by atoms with Crippen LogP contribution in [0.5, 0.6) is 0 Å².